The van der Waals surface area contributed by atoms with Crippen LogP contribution in [0.1, 0.15) is 66.7 Å². The van der Waals surface area contributed by atoms with Crippen LogP contribution in [0.5, 0.6) is 0 Å². The first kappa shape index (κ1) is 27.9. The predicted octanol–water partition coefficient (Wildman–Crippen LogP) is 6.76. The number of hydrogen-bond acceptors (Lipinski definition) is 3. The van der Waals surface area contributed by atoms with Crippen LogP contribution >= 0.6 is 0 Å². The Morgan fingerprint density at radius 2 is 1.62 bits per heavy atom. The van der Waals surface area contributed by atoms with Gasteiger partial charge in [-0.1, -0.05) is 108 Å². The number of benzene rings is 2. The monoisotopic (exact) mass is 518 g/mol. The van der Waals surface area contributed by atoms with Gasteiger partial charge >= 0.3 is 5.97 Å². The number of methoxy groups -OCH3 is 1. The molecule has 0 bridgehead atoms. The van der Waals surface area contributed by atoms with Crippen molar-refractivity contribution < 1.29 is 14.0 Å². The average molecular weight is 519 g/mol. The molecule has 37 heavy (non-hydrogen) atoms. The summed E-state index contributed by atoms with van der Waals surface area (Å²) in [6.07, 6.45) is 9.94. The molecular weight excluding hydrogens is 472 g/mol. The minimum atomic E-state index is -2.54. The van der Waals surface area contributed by atoms with Crippen LogP contribution in [0.4, 0.5) is 0 Å². The molecule has 2 aromatic rings. The van der Waals surface area contributed by atoms with Crippen molar-refractivity contribution >= 4 is 24.7 Å². The summed E-state index contributed by atoms with van der Waals surface area (Å²) in [4.78, 5) is 11.8. The van der Waals surface area contributed by atoms with Crippen molar-refractivity contribution in [2.45, 2.75) is 71.8 Å². The smallest absolute Gasteiger partial charge is 0.330 e. The molecule has 200 valence electrons. The number of rotatable bonds is 8. The standard InChI is InChI=1S/C33H46O3Si/c1-25(29-20-21-30-26(19-22-31(34)35-6)14-13-23-33(29,30)5)24-36-37(32(2,3)4,27-15-9-7-10-16-27)28-17-11-8-12-18-28/h7-12,15-19,22,25-26,29-30H,13-14,20-21,23-24H2,1-6H3/b22-19+/t25?,26-,29-,30-,33+/m1/s1. The van der Waals surface area contributed by atoms with E-state index < -0.39 is 8.32 Å². The second-order valence-corrected chi connectivity index (χ2v) is 17.0. The molecule has 0 N–H and O–H groups in total. The summed E-state index contributed by atoms with van der Waals surface area (Å²) in [6, 6.07) is 22.0. The lowest BCUT2D eigenvalue weighted by Crippen LogP contribution is -2.67. The van der Waals surface area contributed by atoms with Crippen LogP contribution in [0.25, 0.3) is 0 Å². The van der Waals surface area contributed by atoms with E-state index in [-0.39, 0.29) is 16.4 Å². The largest absolute Gasteiger partial charge is 0.466 e. The Labute approximate surface area is 225 Å². The van der Waals surface area contributed by atoms with E-state index in [1.165, 1.54) is 49.6 Å². The summed E-state index contributed by atoms with van der Waals surface area (Å²) < 4.78 is 12.2. The quantitative estimate of drug-likeness (QED) is 0.220. The topological polar surface area (TPSA) is 35.5 Å². The second kappa shape index (κ2) is 11.3. The van der Waals surface area contributed by atoms with Crippen LogP contribution in [0.3, 0.4) is 0 Å². The average Bonchev–Trinajstić information content (AvgIpc) is 3.25. The van der Waals surface area contributed by atoms with Crippen LogP contribution in [0.2, 0.25) is 5.04 Å². The summed E-state index contributed by atoms with van der Waals surface area (Å²) in [5.41, 5.74) is 0.289. The van der Waals surface area contributed by atoms with Crippen LogP contribution in [0.15, 0.2) is 72.8 Å². The van der Waals surface area contributed by atoms with E-state index in [0.29, 0.717) is 23.7 Å². The number of hydrogen-bond donors (Lipinski definition) is 0. The highest BCUT2D eigenvalue weighted by Gasteiger charge is 2.54. The molecule has 2 fully saturated rings. The zero-order valence-corrected chi connectivity index (χ0v) is 24.7. The molecule has 0 spiro atoms. The summed E-state index contributed by atoms with van der Waals surface area (Å²) in [5, 5.41) is 2.69. The Bertz CT molecular complexity index is 1020. The molecule has 4 heteroatoms. The summed E-state index contributed by atoms with van der Waals surface area (Å²) in [7, 11) is -1.08. The van der Waals surface area contributed by atoms with E-state index in [4.69, 9.17) is 9.16 Å². The lowest BCUT2D eigenvalue weighted by Gasteiger charge is -2.47. The molecule has 2 saturated carbocycles. The molecule has 0 radical (unpaired) electrons. The van der Waals surface area contributed by atoms with Gasteiger partial charge < -0.3 is 9.16 Å². The van der Waals surface area contributed by atoms with Gasteiger partial charge in [-0.15, -0.1) is 0 Å². The molecule has 0 amide bonds. The van der Waals surface area contributed by atoms with E-state index >= 15 is 0 Å². The minimum absolute atomic E-state index is 0.00778. The Kier molecular flexibility index (Phi) is 8.50. The van der Waals surface area contributed by atoms with Crippen molar-refractivity contribution in [1.82, 2.24) is 0 Å². The molecule has 4 rings (SSSR count). The lowest BCUT2D eigenvalue weighted by atomic mass is 9.59. The zero-order valence-electron chi connectivity index (χ0n) is 23.7. The van der Waals surface area contributed by atoms with E-state index in [0.717, 1.165) is 6.61 Å². The highest BCUT2D eigenvalue weighted by Crippen LogP contribution is 2.60. The van der Waals surface area contributed by atoms with Crippen molar-refractivity contribution in [2.75, 3.05) is 13.7 Å². The molecule has 2 aliphatic carbocycles. The predicted molar refractivity (Wildman–Crippen MR) is 156 cm³/mol. The van der Waals surface area contributed by atoms with Gasteiger partial charge in [0.1, 0.15) is 0 Å². The molecule has 0 aromatic heterocycles. The molecule has 0 heterocycles. The van der Waals surface area contributed by atoms with E-state index in [2.05, 4.69) is 101 Å². The van der Waals surface area contributed by atoms with Gasteiger partial charge in [0.25, 0.3) is 8.32 Å². The fraction of sp³-hybridized carbons (Fsp3) is 0.545. The van der Waals surface area contributed by atoms with Crippen molar-refractivity contribution in [3.05, 3.63) is 72.8 Å². The van der Waals surface area contributed by atoms with Gasteiger partial charge in [0.15, 0.2) is 0 Å². The van der Waals surface area contributed by atoms with Crippen molar-refractivity contribution in [3.63, 3.8) is 0 Å². The number of carbonyl (C=O) groups is 1. The molecule has 2 aromatic carbocycles. The first-order valence-electron chi connectivity index (χ1n) is 14.1. The van der Waals surface area contributed by atoms with Gasteiger partial charge in [-0.2, -0.15) is 0 Å². The molecule has 3 nitrogen and oxygen atoms in total. The van der Waals surface area contributed by atoms with Crippen LogP contribution in [0, 0.1) is 29.1 Å². The normalized spacial score (nSPS) is 27.1. The number of allylic oxidation sites excluding steroid dienone is 1. The van der Waals surface area contributed by atoms with Crippen LogP contribution < -0.4 is 10.4 Å². The molecule has 5 atom stereocenters. The van der Waals surface area contributed by atoms with Crippen molar-refractivity contribution in [2.24, 2.45) is 29.1 Å². The number of carbonyl (C=O) groups excluding carboxylic acids is 1. The van der Waals surface area contributed by atoms with E-state index in [1.807, 2.05) is 0 Å². The fourth-order valence-electron chi connectivity index (χ4n) is 7.86. The SMILES string of the molecule is COC(=O)/C=C/[C@H]1CCC[C@@]2(C)[C@@H](C(C)CO[Si](c3ccccc3)(c3ccccc3)C(C)(C)C)CC[C@H]12. The third-order valence-electron chi connectivity index (χ3n) is 9.60. The molecular formula is C33H46O3Si. The maximum absolute atomic E-state index is 11.8. The van der Waals surface area contributed by atoms with Crippen molar-refractivity contribution in [3.8, 4) is 0 Å². The number of esters is 1. The Morgan fingerprint density at radius 1 is 1.03 bits per heavy atom. The molecule has 0 aliphatic heterocycles. The van der Waals surface area contributed by atoms with Gasteiger partial charge in [-0.05, 0) is 70.2 Å². The number of ether oxygens (including phenoxy) is 1. The number of fused-ring (bicyclic) bond motifs is 1. The van der Waals surface area contributed by atoms with Gasteiger partial charge in [0.05, 0.1) is 7.11 Å². The van der Waals surface area contributed by atoms with Gasteiger partial charge in [-0.3, -0.25) is 0 Å². The van der Waals surface area contributed by atoms with E-state index in [1.54, 1.807) is 6.08 Å². The first-order valence-corrected chi connectivity index (χ1v) is 16.1. The van der Waals surface area contributed by atoms with Crippen LogP contribution in [-0.4, -0.2) is 28.0 Å². The second-order valence-electron chi connectivity index (χ2n) is 12.7. The maximum Gasteiger partial charge on any atom is 0.330 e. The molecule has 2 aliphatic rings. The minimum Gasteiger partial charge on any atom is -0.466 e. The molecule has 0 saturated heterocycles. The van der Waals surface area contributed by atoms with E-state index in [9.17, 15) is 4.79 Å². The zero-order chi connectivity index (χ0) is 26.7. The maximum atomic E-state index is 11.8. The Hall–Kier alpha value is -2.17. The van der Waals surface area contributed by atoms with Crippen LogP contribution in [-0.2, 0) is 14.0 Å². The fourth-order valence-corrected chi connectivity index (χ4v) is 12.5. The Morgan fingerprint density at radius 3 is 2.16 bits per heavy atom. The van der Waals surface area contributed by atoms with Gasteiger partial charge in [0.2, 0.25) is 0 Å². The highest BCUT2D eigenvalue weighted by atomic mass is 28.4. The van der Waals surface area contributed by atoms with Crippen molar-refractivity contribution in [1.29, 1.82) is 0 Å². The Balaban J connectivity index is 1.60. The third-order valence-corrected chi connectivity index (χ3v) is 14.6. The lowest BCUT2D eigenvalue weighted by molar-refractivity contribution is -0.134. The van der Waals surface area contributed by atoms with Gasteiger partial charge in [0, 0.05) is 12.7 Å². The highest BCUT2D eigenvalue weighted by molar-refractivity contribution is 6.99. The summed E-state index contributed by atoms with van der Waals surface area (Å²) in [6.45, 7) is 12.8. The summed E-state index contributed by atoms with van der Waals surface area (Å²) in [5.74, 6) is 1.95. The van der Waals surface area contributed by atoms with Gasteiger partial charge in [-0.25, -0.2) is 4.79 Å². The molecule has 1 unspecified atom stereocenters. The summed E-state index contributed by atoms with van der Waals surface area (Å²) >= 11 is 0. The first-order chi connectivity index (χ1) is 17.6. The third kappa shape index (κ3) is 5.38.